The molecule has 2 aromatic rings. The quantitative estimate of drug-likeness (QED) is 0.546. The lowest BCUT2D eigenvalue weighted by atomic mass is 10.1. The largest absolute Gasteiger partial charge is 0.493 e. The van der Waals surface area contributed by atoms with Gasteiger partial charge in [-0.05, 0) is 54.7 Å². The van der Waals surface area contributed by atoms with Crippen LogP contribution in [0, 0.1) is 5.92 Å². The van der Waals surface area contributed by atoms with Crippen molar-refractivity contribution in [2.45, 2.75) is 39.0 Å². The number of carbonyl (C=O) groups excluding carboxylic acids is 1. The van der Waals surface area contributed by atoms with Gasteiger partial charge in [-0.1, -0.05) is 35.8 Å². The van der Waals surface area contributed by atoms with Gasteiger partial charge in [-0.3, -0.25) is 4.79 Å². The van der Waals surface area contributed by atoms with Gasteiger partial charge < -0.3 is 23.8 Å². The van der Waals surface area contributed by atoms with Gasteiger partial charge in [0.1, 0.15) is 0 Å². The summed E-state index contributed by atoms with van der Waals surface area (Å²) >= 11 is 3.51. The average molecular weight is 490 g/mol. The van der Waals surface area contributed by atoms with Crippen LogP contribution in [0.15, 0.2) is 40.9 Å². The molecule has 4 rings (SSSR count). The molecule has 7 heteroatoms. The van der Waals surface area contributed by atoms with Crippen LogP contribution in [0.4, 0.5) is 5.69 Å². The third-order valence-electron chi connectivity index (χ3n) is 5.55. The van der Waals surface area contributed by atoms with E-state index in [-0.39, 0.29) is 5.91 Å². The van der Waals surface area contributed by atoms with Crippen LogP contribution in [0.2, 0.25) is 0 Å². The van der Waals surface area contributed by atoms with Crippen molar-refractivity contribution in [2.75, 3.05) is 31.8 Å². The van der Waals surface area contributed by atoms with E-state index in [2.05, 4.69) is 29.8 Å². The summed E-state index contributed by atoms with van der Waals surface area (Å²) in [4.78, 5) is 15.2. The molecule has 166 valence electrons. The lowest BCUT2D eigenvalue weighted by Gasteiger charge is -2.32. The Morgan fingerprint density at radius 2 is 1.90 bits per heavy atom. The Morgan fingerprint density at radius 3 is 2.61 bits per heavy atom. The highest BCUT2D eigenvalue weighted by atomic mass is 79.9. The number of ether oxygens (including phenoxy) is 4. The van der Waals surface area contributed by atoms with E-state index in [4.69, 9.17) is 18.9 Å². The van der Waals surface area contributed by atoms with E-state index in [0.29, 0.717) is 43.8 Å². The van der Waals surface area contributed by atoms with Crippen LogP contribution in [0.1, 0.15) is 37.8 Å². The minimum Gasteiger partial charge on any atom is -0.493 e. The van der Waals surface area contributed by atoms with Crippen LogP contribution >= 0.6 is 15.9 Å². The molecule has 0 unspecified atom stereocenters. The molecular weight excluding hydrogens is 462 g/mol. The van der Waals surface area contributed by atoms with Crippen LogP contribution in [-0.2, 0) is 26.6 Å². The van der Waals surface area contributed by atoms with Crippen LogP contribution in [0.25, 0.3) is 0 Å². The first kappa shape index (κ1) is 22.1. The summed E-state index contributed by atoms with van der Waals surface area (Å²) in [6.45, 7) is 6.32. The zero-order chi connectivity index (χ0) is 22.0. The monoisotopic (exact) mass is 489 g/mol. The fourth-order valence-electron chi connectivity index (χ4n) is 3.89. The van der Waals surface area contributed by atoms with Crippen molar-refractivity contribution in [3.8, 4) is 11.5 Å². The molecule has 0 aromatic heterocycles. The van der Waals surface area contributed by atoms with Gasteiger partial charge in [0, 0.05) is 10.0 Å². The summed E-state index contributed by atoms with van der Waals surface area (Å²) in [5, 5.41) is 0. The zero-order valence-corrected chi connectivity index (χ0v) is 19.7. The molecule has 2 aromatic carbocycles. The second-order valence-electron chi connectivity index (χ2n) is 8.24. The van der Waals surface area contributed by atoms with Crippen LogP contribution in [0.3, 0.4) is 0 Å². The van der Waals surface area contributed by atoms with E-state index < -0.39 is 5.79 Å². The minimum atomic E-state index is -1.36. The van der Waals surface area contributed by atoms with Crippen molar-refractivity contribution in [1.29, 1.82) is 0 Å². The van der Waals surface area contributed by atoms with Crippen molar-refractivity contribution in [2.24, 2.45) is 5.92 Å². The Morgan fingerprint density at radius 1 is 1.13 bits per heavy atom. The number of fused-ring (bicyclic) bond motifs is 2. The number of halogens is 1. The molecular formula is C24H28BrNO5. The number of carbonyl (C=O) groups is 1. The molecule has 0 bridgehead atoms. The van der Waals surface area contributed by atoms with E-state index in [9.17, 15) is 4.79 Å². The van der Waals surface area contributed by atoms with Gasteiger partial charge in [-0.15, -0.1) is 0 Å². The molecule has 1 amide bonds. The normalized spacial score (nSPS) is 17.3. The Kier molecular flexibility index (Phi) is 6.55. The predicted molar refractivity (Wildman–Crippen MR) is 121 cm³/mol. The number of nitrogens with zero attached hydrogens (tertiary/aromatic N) is 1. The molecule has 6 nitrogen and oxygen atoms in total. The summed E-state index contributed by atoms with van der Waals surface area (Å²) in [6, 6.07) is 11.5. The maximum absolute atomic E-state index is 13.5. The molecule has 31 heavy (non-hydrogen) atoms. The average Bonchev–Trinajstić information content (AvgIpc) is 2.97. The second kappa shape index (κ2) is 9.18. The molecule has 2 aliphatic rings. The van der Waals surface area contributed by atoms with E-state index in [1.807, 2.05) is 36.4 Å². The van der Waals surface area contributed by atoms with Crippen LogP contribution in [0.5, 0.6) is 11.5 Å². The second-order valence-corrected chi connectivity index (χ2v) is 9.15. The highest BCUT2D eigenvalue weighted by molar-refractivity contribution is 9.10. The summed E-state index contributed by atoms with van der Waals surface area (Å²) < 4.78 is 24.2. The van der Waals surface area contributed by atoms with E-state index in [1.165, 1.54) is 0 Å². The van der Waals surface area contributed by atoms with Crippen molar-refractivity contribution < 1.29 is 23.7 Å². The molecule has 1 fully saturated rings. The number of rotatable bonds is 7. The Hall–Kier alpha value is -2.09. The summed E-state index contributed by atoms with van der Waals surface area (Å²) in [7, 11) is 1.63. The van der Waals surface area contributed by atoms with Crippen LogP contribution < -0.4 is 14.4 Å². The number of benzene rings is 2. The first-order chi connectivity index (χ1) is 14.9. The van der Waals surface area contributed by atoms with Gasteiger partial charge in [-0.25, -0.2) is 0 Å². The van der Waals surface area contributed by atoms with Gasteiger partial charge in [0.25, 0.3) is 11.7 Å². The Labute approximate surface area is 191 Å². The zero-order valence-electron chi connectivity index (χ0n) is 18.2. The van der Waals surface area contributed by atoms with Crippen molar-refractivity contribution >= 4 is 27.5 Å². The molecule has 0 saturated carbocycles. The number of amides is 1. The maximum Gasteiger partial charge on any atom is 0.292 e. The van der Waals surface area contributed by atoms with E-state index in [0.717, 1.165) is 34.1 Å². The summed E-state index contributed by atoms with van der Waals surface area (Å²) in [6.07, 6.45) is 1.75. The van der Waals surface area contributed by atoms with E-state index in [1.54, 1.807) is 12.0 Å². The molecule has 0 atom stereocenters. The van der Waals surface area contributed by atoms with Crippen molar-refractivity contribution in [3.05, 3.63) is 52.0 Å². The molecule has 0 radical (unpaired) electrons. The first-order valence-corrected chi connectivity index (χ1v) is 11.4. The number of anilines is 1. The molecule has 0 N–H and O–H groups in total. The SMILES string of the molecule is COc1cc(CN2C(=O)C3(OCCCO3)c3cc(Br)ccc32)ccc1OCCC(C)C. The third-order valence-corrected chi connectivity index (χ3v) is 6.04. The Balaban J connectivity index is 1.60. The Bertz CT molecular complexity index is 955. The van der Waals surface area contributed by atoms with Gasteiger partial charge in [-0.2, -0.15) is 0 Å². The highest BCUT2D eigenvalue weighted by Gasteiger charge is 2.54. The van der Waals surface area contributed by atoms with Gasteiger partial charge >= 0.3 is 0 Å². The van der Waals surface area contributed by atoms with Crippen molar-refractivity contribution in [3.63, 3.8) is 0 Å². The van der Waals surface area contributed by atoms with Crippen molar-refractivity contribution in [1.82, 2.24) is 0 Å². The van der Waals surface area contributed by atoms with Gasteiger partial charge in [0.05, 0.1) is 39.2 Å². The molecule has 0 aliphatic carbocycles. The minimum absolute atomic E-state index is 0.198. The maximum atomic E-state index is 13.5. The molecule has 1 saturated heterocycles. The smallest absolute Gasteiger partial charge is 0.292 e. The summed E-state index contributed by atoms with van der Waals surface area (Å²) in [5.41, 5.74) is 2.47. The number of hydrogen-bond acceptors (Lipinski definition) is 5. The highest BCUT2D eigenvalue weighted by Crippen LogP contribution is 2.47. The van der Waals surface area contributed by atoms with Crippen LogP contribution in [-0.4, -0.2) is 32.8 Å². The number of hydrogen-bond donors (Lipinski definition) is 0. The van der Waals surface area contributed by atoms with Gasteiger partial charge in [0.2, 0.25) is 0 Å². The molecule has 2 aliphatic heterocycles. The standard InChI is InChI=1S/C24H28BrNO5/c1-16(2)9-12-29-21-8-5-17(13-22(21)28-3)15-26-20-7-6-18(25)14-19(20)24(23(26)27)30-10-4-11-31-24/h5-8,13-14,16H,4,9-12,15H2,1-3H3. The topological polar surface area (TPSA) is 57.2 Å². The lowest BCUT2D eigenvalue weighted by Crippen LogP contribution is -2.47. The third kappa shape index (κ3) is 4.31. The fourth-order valence-corrected chi connectivity index (χ4v) is 4.26. The van der Waals surface area contributed by atoms with E-state index >= 15 is 0 Å². The van der Waals surface area contributed by atoms with Gasteiger partial charge in [0.15, 0.2) is 11.5 Å². The predicted octanol–water partition coefficient (Wildman–Crippen LogP) is 5.02. The first-order valence-electron chi connectivity index (χ1n) is 10.6. The lowest BCUT2D eigenvalue weighted by molar-refractivity contribution is -0.256. The fraction of sp³-hybridized carbons (Fsp3) is 0.458. The molecule has 1 spiro atoms. The summed E-state index contributed by atoms with van der Waals surface area (Å²) in [5.74, 6) is 0.379. The number of methoxy groups -OCH3 is 1. The molecule has 2 heterocycles.